The van der Waals surface area contributed by atoms with Crippen molar-refractivity contribution in [3.8, 4) is 23.0 Å². The number of ketones is 2. The van der Waals surface area contributed by atoms with E-state index in [0.29, 0.717) is 22.6 Å². The van der Waals surface area contributed by atoms with Gasteiger partial charge in [-0.15, -0.1) is 0 Å². The summed E-state index contributed by atoms with van der Waals surface area (Å²) < 4.78 is 10.00. The maximum atomic E-state index is 11.9. The zero-order valence-corrected chi connectivity index (χ0v) is 15.0. The molecule has 2 rings (SSSR count). The summed E-state index contributed by atoms with van der Waals surface area (Å²) in [6.07, 6.45) is 5.44. The summed E-state index contributed by atoms with van der Waals surface area (Å²) >= 11 is 0. The number of hydrogen-bond donors (Lipinski definition) is 2. The molecule has 0 aliphatic heterocycles. The van der Waals surface area contributed by atoms with Crippen molar-refractivity contribution in [1.82, 2.24) is 0 Å². The minimum absolute atomic E-state index is 0.00662. The molecule has 0 bridgehead atoms. The van der Waals surface area contributed by atoms with Crippen LogP contribution in [0.4, 0.5) is 0 Å². The molecule has 0 heterocycles. The van der Waals surface area contributed by atoms with Crippen LogP contribution in [-0.4, -0.2) is 36.0 Å². The topological polar surface area (TPSA) is 93.1 Å². The Kier molecular flexibility index (Phi) is 6.77. The maximum absolute atomic E-state index is 11.9. The summed E-state index contributed by atoms with van der Waals surface area (Å²) in [5.74, 6) is -0.0832. The molecule has 2 aromatic rings. The van der Waals surface area contributed by atoms with E-state index in [4.69, 9.17) is 9.47 Å². The first kappa shape index (κ1) is 19.8. The first-order chi connectivity index (χ1) is 12.9. The van der Waals surface area contributed by atoms with Crippen LogP contribution in [0.1, 0.15) is 17.5 Å². The Balaban J connectivity index is 1.96. The van der Waals surface area contributed by atoms with Crippen LogP contribution in [0.3, 0.4) is 0 Å². The van der Waals surface area contributed by atoms with Gasteiger partial charge in [-0.05, 0) is 47.5 Å². The number of carbonyl (C=O) groups is 2. The minimum atomic E-state index is -0.347. The second kappa shape index (κ2) is 9.24. The average molecular weight is 372 g/mol. The largest absolute Gasteiger partial charge is 0.504 e. The smallest absolute Gasteiger partial charge is 0.163 e. The Labute approximate surface area is 157 Å². The van der Waals surface area contributed by atoms with Crippen LogP contribution in [0.25, 0.3) is 12.2 Å². The third-order valence-electron chi connectivity index (χ3n) is 3.68. The molecule has 0 unspecified atom stereocenters. The predicted molar refractivity (Wildman–Crippen MR) is 102 cm³/mol. The number of allylic oxidation sites excluding steroid dienone is 2. The number of aromatic hydroxyl groups is 2. The van der Waals surface area contributed by atoms with Crippen molar-refractivity contribution in [2.45, 2.75) is 6.42 Å². The lowest BCUT2D eigenvalue weighted by atomic mass is 10.1. The van der Waals surface area contributed by atoms with Crippen molar-refractivity contribution in [2.75, 3.05) is 14.2 Å². The van der Waals surface area contributed by atoms with Crippen LogP contribution in [0, 0.1) is 0 Å². The highest BCUT2D eigenvalue weighted by Gasteiger charge is 2.06. The number of carbonyl (C=O) groups excluding carboxylic acids is 2. The first-order valence-corrected chi connectivity index (χ1v) is 8.08. The van der Waals surface area contributed by atoms with Gasteiger partial charge >= 0.3 is 0 Å². The van der Waals surface area contributed by atoms with Gasteiger partial charge in [0.25, 0.3) is 0 Å². The summed E-state index contributed by atoms with van der Waals surface area (Å²) in [7, 11) is 2.87. The van der Waals surface area contributed by atoms with Crippen LogP contribution in [0.15, 0.2) is 48.6 Å². The fraction of sp³-hybridized carbons (Fsp3) is 0.143. The molecule has 0 spiro atoms. The Bertz CT molecular complexity index is 822. The SMILES string of the molecule is COc1cc(/C=C/C(=O)CC(=O)/C=C/c2ccc([18OH])c(OC)c2)ccc1[18OH]. The Morgan fingerprint density at radius 3 is 1.59 bits per heavy atom. The number of rotatable bonds is 8. The van der Waals surface area contributed by atoms with Crippen molar-refractivity contribution >= 4 is 23.7 Å². The molecule has 0 amide bonds. The number of ether oxygens (including phenoxy) is 2. The maximum Gasteiger partial charge on any atom is 0.163 e. The van der Waals surface area contributed by atoms with Crippen LogP contribution < -0.4 is 9.47 Å². The minimum Gasteiger partial charge on any atom is -0.504 e. The number of phenols is 2. The lowest BCUT2D eigenvalue weighted by molar-refractivity contribution is -0.121. The van der Waals surface area contributed by atoms with Gasteiger partial charge in [0.15, 0.2) is 34.6 Å². The van der Waals surface area contributed by atoms with Crippen LogP contribution in [0.5, 0.6) is 23.0 Å². The molecule has 0 saturated carbocycles. The standard InChI is InChI=1S/C21H20O6/c1-26-20-11-14(5-9-18(20)24)3-7-16(22)13-17(23)8-4-15-6-10-19(25)21(12-15)27-2/h3-12,24-25H,13H2,1-2H3/b7-3+,8-4+/i24+2,25+2. The number of hydrogen-bond acceptors (Lipinski definition) is 6. The van der Waals surface area contributed by atoms with Crippen molar-refractivity contribution in [3.05, 3.63) is 59.7 Å². The zero-order chi connectivity index (χ0) is 19.8. The lowest BCUT2D eigenvalue weighted by Gasteiger charge is -2.03. The summed E-state index contributed by atoms with van der Waals surface area (Å²) in [6, 6.07) is 9.34. The highest BCUT2D eigenvalue weighted by Crippen LogP contribution is 2.27. The molecule has 2 aromatic carbocycles. The normalized spacial score (nSPS) is 11.0. The predicted octanol–water partition coefficient (Wildman–Crippen LogP) is 3.37. The van der Waals surface area contributed by atoms with Crippen molar-refractivity contribution < 1.29 is 29.3 Å². The number of phenolic OH excluding ortho intramolecular Hbond substituents is 2. The second-order valence-electron chi connectivity index (χ2n) is 5.64. The molecule has 0 saturated heterocycles. The van der Waals surface area contributed by atoms with Gasteiger partial charge in [-0.3, -0.25) is 9.59 Å². The summed E-state index contributed by atoms with van der Waals surface area (Å²) in [5.41, 5.74) is 1.33. The molecule has 140 valence electrons. The Morgan fingerprint density at radius 1 is 0.815 bits per heavy atom. The lowest BCUT2D eigenvalue weighted by Crippen LogP contribution is -2.01. The van der Waals surface area contributed by atoms with E-state index in [-0.39, 0.29) is 29.5 Å². The molecule has 6 nitrogen and oxygen atoms in total. The van der Waals surface area contributed by atoms with E-state index in [9.17, 15) is 19.8 Å². The molecular formula is C21H20O6. The first-order valence-electron chi connectivity index (χ1n) is 8.08. The van der Waals surface area contributed by atoms with Gasteiger partial charge in [0.1, 0.15) is 0 Å². The van der Waals surface area contributed by atoms with Gasteiger partial charge in [-0.2, -0.15) is 0 Å². The van der Waals surface area contributed by atoms with Crippen LogP contribution in [0.2, 0.25) is 0 Å². The van der Waals surface area contributed by atoms with Crippen LogP contribution in [-0.2, 0) is 9.59 Å². The van der Waals surface area contributed by atoms with Crippen LogP contribution >= 0.6 is 0 Å². The van der Waals surface area contributed by atoms with Gasteiger partial charge in [-0.1, -0.05) is 24.3 Å². The van der Waals surface area contributed by atoms with E-state index in [0.717, 1.165) is 0 Å². The molecule has 0 aliphatic carbocycles. The van der Waals surface area contributed by atoms with Gasteiger partial charge < -0.3 is 19.7 Å². The number of benzene rings is 2. The van der Waals surface area contributed by atoms with E-state index in [2.05, 4.69) is 0 Å². The van der Waals surface area contributed by atoms with Gasteiger partial charge in [0.05, 0.1) is 20.6 Å². The summed E-state index contributed by atoms with van der Waals surface area (Å²) in [4.78, 5) is 23.9. The van der Waals surface area contributed by atoms with E-state index < -0.39 is 0 Å². The zero-order valence-electron chi connectivity index (χ0n) is 15.0. The molecule has 0 aliphatic rings. The Hall–Kier alpha value is -3.54. The fourth-order valence-corrected chi connectivity index (χ4v) is 2.26. The van der Waals surface area contributed by atoms with Gasteiger partial charge in [0, 0.05) is 0 Å². The molecule has 0 atom stereocenters. The van der Waals surface area contributed by atoms with E-state index >= 15 is 0 Å². The third kappa shape index (κ3) is 5.74. The molecule has 2 N–H and O–H groups in total. The fourth-order valence-electron chi connectivity index (χ4n) is 2.26. The summed E-state index contributed by atoms with van der Waals surface area (Å²) in [6.45, 7) is 0. The van der Waals surface area contributed by atoms with E-state index in [1.807, 2.05) is 0 Å². The highest BCUT2D eigenvalue weighted by molar-refractivity contribution is 6.10. The quantitative estimate of drug-likeness (QED) is 0.419. The molecule has 0 radical (unpaired) electrons. The van der Waals surface area contributed by atoms with E-state index in [1.54, 1.807) is 36.4 Å². The second-order valence-corrected chi connectivity index (χ2v) is 5.64. The van der Waals surface area contributed by atoms with Crippen molar-refractivity contribution in [3.63, 3.8) is 0 Å². The molecule has 0 aromatic heterocycles. The third-order valence-corrected chi connectivity index (χ3v) is 3.68. The molecule has 6 heteroatoms. The van der Waals surface area contributed by atoms with Gasteiger partial charge in [0.2, 0.25) is 0 Å². The Morgan fingerprint density at radius 2 is 1.22 bits per heavy atom. The molecule has 0 fully saturated rings. The number of methoxy groups -OCH3 is 2. The monoisotopic (exact) mass is 372 g/mol. The average Bonchev–Trinajstić information content (AvgIpc) is 2.66. The molecular weight excluding hydrogens is 352 g/mol. The van der Waals surface area contributed by atoms with Crippen molar-refractivity contribution in [1.29, 1.82) is 0 Å². The van der Waals surface area contributed by atoms with Crippen molar-refractivity contribution in [2.24, 2.45) is 0 Å². The molecule has 27 heavy (non-hydrogen) atoms. The van der Waals surface area contributed by atoms with Gasteiger partial charge in [-0.25, -0.2) is 0 Å². The van der Waals surface area contributed by atoms with E-state index in [1.165, 1.54) is 38.5 Å². The summed E-state index contributed by atoms with van der Waals surface area (Å²) in [5, 5.41) is 19.1. The highest BCUT2D eigenvalue weighted by atomic mass is 18.2.